The van der Waals surface area contributed by atoms with E-state index in [1.165, 1.54) is 4.90 Å². The van der Waals surface area contributed by atoms with E-state index < -0.39 is 5.41 Å². The predicted molar refractivity (Wildman–Crippen MR) is 105 cm³/mol. The first-order valence-corrected chi connectivity index (χ1v) is 9.18. The highest BCUT2D eigenvalue weighted by Gasteiger charge is 2.45. The Labute approximate surface area is 163 Å². The van der Waals surface area contributed by atoms with E-state index in [1.807, 2.05) is 24.3 Å². The normalized spacial score (nSPS) is 15.1. The number of hydrogen-bond acceptors (Lipinski definition) is 2. The van der Waals surface area contributed by atoms with Gasteiger partial charge in [0.25, 0.3) is 5.91 Å². The van der Waals surface area contributed by atoms with Gasteiger partial charge in [0.15, 0.2) is 0 Å². The molecule has 2 aromatic rings. The molecule has 1 N–H and O–H groups in total. The Morgan fingerprint density at radius 3 is 2.19 bits per heavy atom. The van der Waals surface area contributed by atoms with Crippen LogP contribution in [0.15, 0.2) is 42.5 Å². The average molecular weight is 391 g/mol. The van der Waals surface area contributed by atoms with Crippen LogP contribution in [0.3, 0.4) is 0 Å². The number of carbonyl (C=O) groups excluding carboxylic acids is 2. The van der Waals surface area contributed by atoms with Crippen LogP contribution >= 0.6 is 23.2 Å². The molecule has 2 aromatic carbocycles. The van der Waals surface area contributed by atoms with Gasteiger partial charge in [-0.2, -0.15) is 0 Å². The zero-order chi connectivity index (χ0) is 18.9. The van der Waals surface area contributed by atoms with Gasteiger partial charge in [-0.1, -0.05) is 41.8 Å². The summed E-state index contributed by atoms with van der Waals surface area (Å²) in [5.41, 5.74) is 1.42. The molecule has 0 spiro atoms. The molecule has 3 rings (SSSR count). The third-order valence-electron chi connectivity index (χ3n) is 4.90. The number of rotatable bonds is 4. The highest BCUT2D eigenvalue weighted by Crippen LogP contribution is 2.45. The molecule has 0 unspecified atom stereocenters. The van der Waals surface area contributed by atoms with Crippen molar-refractivity contribution in [3.8, 4) is 0 Å². The predicted octanol–water partition coefficient (Wildman–Crippen LogP) is 4.76. The van der Waals surface area contributed by atoms with E-state index in [2.05, 4.69) is 5.32 Å². The molecule has 1 aliphatic carbocycles. The Morgan fingerprint density at radius 2 is 1.69 bits per heavy atom. The second kappa shape index (κ2) is 7.29. The minimum Gasteiger partial charge on any atom is -0.345 e. The summed E-state index contributed by atoms with van der Waals surface area (Å²) >= 11 is 12.2. The highest BCUT2D eigenvalue weighted by atomic mass is 35.5. The summed E-state index contributed by atoms with van der Waals surface area (Å²) in [7, 11) is 3.33. The molecular weight excluding hydrogens is 371 g/mol. The lowest BCUT2D eigenvalue weighted by molar-refractivity contribution is -0.124. The number of hydrogen-bond donors (Lipinski definition) is 1. The number of halogens is 2. The van der Waals surface area contributed by atoms with Crippen LogP contribution in [0.2, 0.25) is 10.0 Å². The van der Waals surface area contributed by atoms with E-state index >= 15 is 0 Å². The molecule has 0 saturated heterocycles. The minimum atomic E-state index is -0.533. The molecule has 6 heteroatoms. The van der Waals surface area contributed by atoms with E-state index in [1.54, 1.807) is 32.3 Å². The fourth-order valence-electron chi connectivity index (χ4n) is 3.20. The summed E-state index contributed by atoms with van der Waals surface area (Å²) in [6, 6.07) is 12.4. The third-order valence-corrected chi connectivity index (χ3v) is 5.47. The van der Waals surface area contributed by atoms with Crippen LogP contribution in [0.25, 0.3) is 0 Å². The van der Waals surface area contributed by atoms with E-state index in [-0.39, 0.29) is 11.8 Å². The van der Waals surface area contributed by atoms with E-state index in [0.717, 1.165) is 24.8 Å². The fraction of sp³-hybridized carbons (Fsp3) is 0.300. The van der Waals surface area contributed by atoms with Gasteiger partial charge in [-0.3, -0.25) is 9.59 Å². The van der Waals surface area contributed by atoms with Gasteiger partial charge in [-0.25, -0.2) is 0 Å². The Bertz CT molecular complexity index is 843. The van der Waals surface area contributed by atoms with Crippen molar-refractivity contribution in [2.24, 2.45) is 0 Å². The molecule has 0 atom stereocenters. The van der Waals surface area contributed by atoms with Crippen LogP contribution in [0.5, 0.6) is 0 Å². The Hall–Kier alpha value is -2.04. The Morgan fingerprint density at radius 1 is 1.04 bits per heavy atom. The Balaban J connectivity index is 1.82. The molecule has 0 radical (unpaired) electrons. The van der Waals surface area contributed by atoms with Gasteiger partial charge < -0.3 is 10.2 Å². The summed E-state index contributed by atoms with van der Waals surface area (Å²) < 4.78 is 0. The van der Waals surface area contributed by atoms with Crippen molar-refractivity contribution in [3.05, 3.63) is 63.6 Å². The second-order valence-corrected chi connectivity index (χ2v) is 7.63. The van der Waals surface area contributed by atoms with E-state index in [4.69, 9.17) is 23.2 Å². The van der Waals surface area contributed by atoms with Gasteiger partial charge in [0, 0.05) is 24.8 Å². The van der Waals surface area contributed by atoms with Gasteiger partial charge in [0.2, 0.25) is 5.91 Å². The summed E-state index contributed by atoms with van der Waals surface area (Å²) in [5, 5.41) is 3.92. The molecular formula is C20H20Cl2N2O2. The number of amides is 2. The molecule has 0 heterocycles. The molecule has 1 fully saturated rings. The summed E-state index contributed by atoms with van der Waals surface area (Å²) in [4.78, 5) is 26.5. The van der Waals surface area contributed by atoms with Crippen LogP contribution < -0.4 is 5.32 Å². The number of nitrogens with zero attached hydrogens (tertiary/aromatic N) is 1. The summed E-state index contributed by atoms with van der Waals surface area (Å²) in [6.45, 7) is 0. The monoisotopic (exact) mass is 390 g/mol. The average Bonchev–Trinajstić information content (AvgIpc) is 2.55. The maximum atomic E-state index is 13.0. The Kier molecular flexibility index (Phi) is 5.26. The molecule has 0 bridgehead atoms. The maximum Gasteiger partial charge on any atom is 0.254 e. The lowest BCUT2D eigenvalue weighted by Gasteiger charge is -2.40. The smallest absolute Gasteiger partial charge is 0.254 e. The molecule has 26 heavy (non-hydrogen) atoms. The lowest BCUT2D eigenvalue weighted by atomic mass is 9.64. The van der Waals surface area contributed by atoms with Crippen molar-refractivity contribution < 1.29 is 9.59 Å². The third kappa shape index (κ3) is 3.44. The molecule has 4 nitrogen and oxygen atoms in total. The molecule has 136 valence electrons. The quantitative estimate of drug-likeness (QED) is 0.817. The van der Waals surface area contributed by atoms with Gasteiger partial charge in [-0.15, -0.1) is 0 Å². The van der Waals surface area contributed by atoms with Crippen LogP contribution in [-0.4, -0.2) is 30.8 Å². The number of benzene rings is 2. The van der Waals surface area contributed by atoms with Crippen LogP contribution in [0.4, 0.5) is 5.69 Å². The van der Waals surface area contributed by atoms with Crippen molar-refractivity contribution in [3.63, 3.8) is 0 Å². The van der Waals surface area contributed by atoms with Crippen molar-refractivity contribution in [2.45, 2.75) is 24.7 Å². The summed E-state index contributed by atoms with van der Waals surface area (Å²) in [6.07, 6.45) is 2.60. The zero-order valence-electron chi connectivity index (χ0n) is 14.7. The molecule has 1 saturated carbocycles. The number of carbonyl (C=O) groups is 2. The zero-order valence-corrected chi connectivity index (χ0v) is 16.2. The first-order chi connectivity index (χ1) is 12.3. The minimum absolute atomic E-state index is 0.0613. The molecule has 1 aliphatic rings. The molecule has 0 aliphatic heterocycles. The van der Waals surface area contributed by atoms with Gasteiger partial charge in [-0.05, 0) is 48.7 Å². The largest absolute Gasteiger partial charge is 0.345 e. The van der Waals surface area contributed by atoms with Gasteiger partial charge in [0.05, 0.1) is 16.0 Å². The topological polar surface area (TPSA) is 49.4 Å². The maximum absolute atomic E-state index is 13.0. The van der Waals surface area contributed by atoms with Crippen molar-refractivity contribution >= 4 is 40.7 Å². The summed E-state index contributed by atoms with van der Waals surface area (Å²) in [5.74, 6) is -0.238. The SMILES string of the molecule is CN(C)C(=O)c1ccc(NC(=O)C2(c3ccc(Cl)cc3)CCC2)cc1Cl. The number of nitrogens with one attached hydrogen (secondary N) is 1. The fourth-order valence-corrected chi connectivity index (χ4v) is 3.59. The van der Waals surface area contributed by atoms with Crippen LogP contribution in [-0.2, 0) is 10.2 Å². The van der Waals surface area contributed by atoms with Gasteiger partial charge >= 0.3 is 0 Å². The first-order valence-electron chi connectivity index (χ1n) is 8.42. The van der Waals surface area contributed by atoms with Gasteiger partial charge in [0.1, 0.15) is 0 Å². The standard InChI is InChI=1S/C20H20Cl2N2O2/c1-24(2)18(25)16-9-8-15(12-17(16)22)23-19(26)20(10-3-11-20)13-4-6-14(21)7-5-13/h4-9,12H,3,10-11H2,1-2H3,(H,23,26). The highest BCUT2D eigenvalue weighted by molar-refractivity contribution is 6.34. The number of anilines is 1. The lowest BCUT2D eigenvalue weighted by Crippen LogP contribution is -2.46. The van der Waals surface area contributed by atoms with E-state index in [9.17, 15) is 9.59 Å². The molecule has 2 amide bonds. The van der Waals surface area contributed by atoms with Crippen molar-refractivity contribution in [1.82, 2.24) is 4.90 Å². The first kappa shape index (κ1) is 18.7. The van der Waals surface area contributed by atoms with Crippen molar-refractivity contribution in [1.29, 1.82) is 0 Å². The van der Waals surface area contributed by atoms with Crippen LogP contribution in [0, 0.1) is 0 Å². The van der Waals surface area contributed by atoms with Crippen molar-refractivity contribution in [2.75, 3.05) is 19.4 Å². The van der Waals surface area contributed by atoms with Crippen LogP contribution in [0.1, 0.15) is 35.2 Å². The van der Waals surface area contributed by atoms with E-state index in [0.29, 0.717) is 21.3 Å². The molecule has 0 aromatic heterocycles. The second-order valence-electron chi connectivity index (χ2n) is 6.79.